The molecule has 10 amide bonds. The number of imide groups is 1. The van der Waals surface area contributed by atoms with Gasteiger partial charge in [0.05, 0.1) is 0 Å². The summed E-state index contributed by atoms with van der Waals surface area (Å²) in [7, 11) is -5.07. The van der Waals surface area contributed by atoms with Gasteiger partial charge in [-0.25, -0.2) is 39.7 Å². The minimum absolute atomic E-state index is 0.0117. The van der Waals surface area contributed by atoms with E-state index in [2.05, 4.69) is 43.0 Å². The maximum atomic E-state index is 12.6. The van der Waals surface area contributed by atoms with Crippen LogP contribution in [0.15, 0.2) is 12.2 Å². The highest BCUT2D eigenvalue weighted by atomic mass is 16.3. The van der Waals surface area contributed by atoms with Crippen molar-refractivity contribution in [3.05, 3.63) is 12.2 Å². The lowest BCUT2D eigenvalue weighted by Gasteiger charge is -2.28. The second-order valence-electron chi connectivity index (χ2n) is 9.24. The van der Waals surface area contributed by atoms with Crippen molar-refractivity contribution in [3.63, 3.8) is 0 Å². The van der Waals surface area contributed by atoms with E-state index in [0.29, 0.717) is 9.84 Å². The number of carbonyl (C=O) groups excluding carboxylic acids is 6. The number of hydrogen-bond acceptors (Lipinski definition) is 13. The fourth-order valence-electron chi connectivity index (χ4n) is 3.28. The molecule has 22 nitrogen and oxygen atoms in total. The molecule has 26 heteroatoms. The lowest BCUT2D eigenvalue weighted by atomic mass is 9.88. The highest BCUT2D eigenvalue weighted by Gasteiger charge is 2.27. The van der Waals surface area contributed by atoms with Crippen LogP contribution >= 0.6 is 0 Å². The molecular formula is C18H38B4N12O10. The second-order valence-corrected chi connectivity index (χ2v) is 9.24. The molecule has 44 heavy (non-hydrogen) atoms. The predicted octanol–water partition coefficient (Wildman–Crippen LogP) is -5.88. The molecule has 0 unspecified atom stereocenters. The summed E-state index contributed by atoms with van der Waals surface area (Å²) in [5.41, 5.74) is 8.33. The number of amides is 10. The Kier molecular flexibility index (Phi) is 16.6. The zero-order valence-corrected chi connectivity index (χ0v) is 24.7. The third kappa shape index (κ3) is 14.4. The highest BCUT2D eigenvalue weighted by Crippen LogP contribution is 2.03. The summed E-state index contributed by atoms with van der Waals surface area (Å²) in [5, 5.41) is 47.5. The molecule has 1 aliphatic rings. The Morgan fingerprint density at radius 2 is 1.09 bits per heavy atom. The molecule has 0 saturated carbocycles. The standard InChI is InChI=1S/C18H38B4N12O10/c1-19(41)29-25-15(37)27-33(21(3)43)17(39)23-7-9-31(11-12-32-13(35)5-6-14(32)36)10-8-24-18(40)34(22(4)44)28-16(38)26-30-20(2)42/h5-6,29-30,41-44H,7-12H2,1-4H3,(H,23,39)(H,24,40)(H2,25,27,37)(H2,26,28,38). The number of nitrogens with one attached hydrogen (secondary N) is 8. The first-order chi connectivity index (χ1) is 20.6. The summed E-state index contributed by atoms with van der Waals surface area (Å²) in [6.45, 7) is 5.33. The largest absolute Gasteiger partial charge is 0.436 e. The van der Waals surface area contributed by atoms with Crippen molar-refractivity contribution in [2.24, 2.45) is 0 Å². The van der Waals surface area contributed by atoms with Gasteiger partial charge in [-0.3, -0.25) is 41.1 Å². The zero-order valence-electron chi connectivity index (χ0n) is 24.7. The van der Waals surface area contributed by atoms with Gasteiger partial charge >= 0.3 is 52.3 Å². The molecule has 242 valence electrons. The minimum atomic E-state index is -1.45. The van der Waals surface area contributed by atoms with Crippen molar-refractivity contribution in [2.45, 2.75) is 27.3 Å². The summed E-state index contributed by atoms with van der Waals surface area (Å²) >= 11 is 0. The third-order valence-electron chi connectivity index (χ3n) is 5.37. The van der Waals surface area contributed by atoms with Crippen molar-refractivity contribution >= 4 is 64.1 Å². The molecule has 0 radical (unpaired) electrons. The van der Waals surface area contributed by atoms with Gasteiger partial charge in [-0.15, -0.1) is 0 Å². The van der Waals surface area contributed by atoms with E-state index in [1.54, 1.807) is 4.90 Å². The molecule has 0 aromatic rings. The van der Waals surface area contributed by atoms with Crippen LogP contribution in [0.1, 0.15) is 0 Å². The molecule has 1 heterocycles. The maximum absolute atomic E-state index is 12.6. The summed E-state index contributed by atoms with van der Waals surface area (Å²) in [6, 6.07) is -3.69. The van der Waals surface area contributed by atoms with Crippen LogP contribution in [0.2, 0.25) is 27.3 Å². The van der Waals surface area contributed by atoms with E-state index in [4.69, 9.17) is 10.0 Å². The first-order valence-electron chi connectivity index (χ1n) is 13.4. The molecule has 0 aliphatic carbocycles. The van der Waals surface area contributed by atoms with Crippen LogP contribution in [0.3, 0.4) is 0 Å². The van der Waals surface area contributed by atoms with E-state index in [-0.39, 0.29) is 39.3 Å². The molecule has 0 aromatic heterocycles. The van der Waals surface area contributed by atoms with E-state index < -0.39 is 64.1 Å². The van der Waals surface area contributed by atoms with Gasteiger partial charge in [-0.1, -0.05) is 0 Å². The van der Waals surface area contributed by atoms with Gasteiger partial charge in [0, 0.05) is 51.4 Å². The first-order valence-corrected chi connectivity index (χ1v) is 13.4. The van der Waals surface area contributed by atoms with Gasteiger partial charge in [0.1, 0.15) is 0 Å². The number of rotatable bonds is 15. The molecule has 1 aliphatic heterocycles. The Morgan fingerprint density at radius 3 is 1.43 bits per heavy atom. The summed E-state index contributed by atoms with van der Waals surface area (Å²) in [4.78, 5) is 76.7. The Hall–Kier alpha value is -4.06. The molecule has 0 saturated heterocycles. The quantitative estimate of drug-likeness (QED) is 0.0459. The van der Waals surface area contributed by atoms with Crippen LogP contribution < -0.4 is 43.0 Å². The smallest absolute Gasteiger partial charge is 0.434 e. The van der Waals surface area contributed by atoms with E-state index in [9.17, 15) is 38.8 Å². The van der Waals surface area contributed by atoms with Crippen LogP contribution in [-0.2, 0) is 9.59 Å². The van der Waals surface area contributed by atoms with Crippen molar-refractivity contribution in [1.82, 2.24) is 62.7 Å². The fraction of sp³-hybridized carbons (Fsp3) is 0.556. The molecule has 0 spiro atoms. The Labute approximate surface area is 254 Å². The van der Waals surface area contributed by atoms with Crippen LogP contribution in [-0.4, -0.2) is 143 Å². The second kappa shape index (κ2) is 19.3. The summed E-state index contributed by atoms with van der Waals surface area (Å²) in [6.07, 6.45) is 2.25. The topological polar surface area (TPSA) is 293 Å². The minimum Gasteiger partial charge on any atom is -0.436 e. The summed E-state index contributed by atoms with van der Waals surface area (Å²) in [5.74, 6) is -0.999. The van der Waals surface area contributed by atoms with Crippen molar-refractivity contribution in [3.8, 4) is 0 Å². The first kappa shape index (κ1) is 38.0. The molecule has 12 N–H and O–H groups in total. The van der Waals surface area contributed by atoms with Gasteiger partial charge in [-0.2, -0.15) is 0 Å². The Morgan fingerprint density at radius 1 is 0.705 bits per heavy atom. The van der Waals surface area contributed by atoms with Gasteiger partial charge in [0.15, 0.2) is 0 Å². The van der Waals surface area contributed by atoms with E-state index in [0.717, 1.165) is 17.1 Å². The molecule has 0 atom stereocenters. The average molecular weight is 626 g/mol. The van der Waals surface area contributed by atoms with E-state index in [1.165, 1.54) is 27.3 Å². The van der Waals surface area contributed by atoms with E-state index in [1.807, 2.05) is 0 Å². The molecule has 1 rings (SSSR count). The predicted molar refractivity (Wildman–Crippen MR) is 158 cm³/mol. The number of nitrogens with zero attached hydrogens (tertiary/aromatic N) is 4. The van der Waals surface area contributed by atoms with Crippen LogP contribution in [0.4, 0.5) is 19.2 Å². The van der Waals surface area contributed by atoms with Gasteiger partial charge < -0.3 is 30.7 Å². The Bertz CT molecular complexity index is 967. The molecule has 0 aromatic carbocycles. The fourth-order valence-corrected chi connectivity index (χ4v) is 3.28. The van der Waals surface area contributed by atoms with Gasteiger partial charge in [0.2, 0.25) is 0 Å². The number of carbonyl (C=O) groups is 6. The number of hydrogen-bond donors (Lipinski definition) is 12. The van der Waals surface area contributed by atoms with Crippen LogP contribution in [0.5, 0.6) is 0 Å². The van der Waals surface area contributed by atoms with Crippen molar-refractivity contribution < 1.29 is 48.9 Å². The lowest BCUT2D eigenvalue weighted by Crippen LogP contribution is -2.62. The monoisotopic (exact) mass is 626 g/mol. The molecule has 0 fully saturated rings. The number of urea groups is 4. The van der Waals surface area contributed by atoms with Crippen LogP contribution in [0.25, 0.3) is 0 Å². The van der Waals surface area contributed by atoms with Crippen LogP contribution in [0, 0.1) is 0 Å². The van der Waals surface area contributed by atoms with Crippen molar-refractivity contribution in [2.75, 3.05) is 39.3 Å². The summed E-state index contributed by atoms with van der Waals surface area (Å²) < 4.78 is 0. The van der Waals surface area contributed by atoms with E-state index >= 15 is 0 Å². The normalized spacial score (nSPS) is 12.0. The van der Waals surface area contributed by atoms with Gasteiger partial charge in [-0.05, 0) is 27.3 Å². The van der Waals surface area contributed by atoms with Crippen molar-refractivity contribution in [1.29, 1.82) is 0 Å². The maximum Gasteiger partial charge on any atom is 0.434 e. The Balaban J connectivity index is 2.76. The highest BCUT2D eigenvalue weighted by molar-refractivity contribution is 6.49. The third-order valence-corrected chi connectivity index (χ3v) is 5.37. The average Bonchev–Trinajstić information content (AvgIpc) is 3.26. The SMILES string of the molecule is CB(O)NNC(=O)NN(B(C)O)C(=O)NCCN(CCNC(=O)N(NC(=O)NNB(C)O)B(C)O)CCN1C(=O)C=CC1=O. The number of hydrazine groups is 4. The van der Waals surface area contributed by atoms with Gasteiger partial charge in [0.25, 0.3) is 11.8 Å². The molecular weight excluding hydrogens is 588 g/mol. The molecule has 0 bridgehead atoms. The zero-order chi connectivity index (χ0) is 33.4. The lowest BCUT2D eigenvalue weighted by molar-refractivity contribution is -0.137.